The van der Waals surface area contributed by atoms with Crippen molar-refractivity contribution in [2.24, 2.45) is 0 Å². The summed E-state index contributed by atoms with van der Waals surface area (Å²) in [6, 6.07) is 0. The Morgan fingerprint density at radius 1 is 0.905 bits per heavy atom. The molecule has 1 fully saturated rings. The first-order valence-corrected chi connectivity index (χ1v) is 7.28. The normalized spacial score (nSPS) is 15.4. The molecule has 1 aliphatic rings. The van der Waals surface area contributed by atoms with E-state index in [0.29, 0.717) is 5.02 Å². The first-order chi connectivity index (χ1) is 10.1. The Labute approximate surface area is 128 Å². The van der Waals surface area contributed by atoms with Crippen molar-refractivity contribution in [1.29, 1.82) is 0 Å². The first-order valence-electron chi connectivity index (χ1n) is 6.91. The molecule has 1 aliphatic heterocycles. The summed E-state index contributed by atoms with van der Waals surface area (Å²) in [5.41, 5.74) is 2.18. The number of halogens is 1. The highest BCUT2D eigenvalue weighted by Crippen LogP contribution is 2.21. The number of nitrogens with zero attached hydrogens (tertiary/aromatic N) is 6. The van der Waals surface area contributed by atoms with Gasteiger partial charge in [0.1, 0.15) is 12.1 Å². The van der Waals surface area contributed by atoms with Crippen LogP contribution in [0.5, 0.6) is 0 Å². The van der Waals surface area contributed by atoms with Crippen LogP contribution in [0, 0.1) is 13.8 Å². The molecule has 6 nitrogen and oxygen atoms in total. The zero-order valence-corrected chi connectivity index (χ0v) is 12.9. The van der Waals surface area contributed by atoms with E-state index in [4.69, 9.17) is 11.6 Å². The van der Waals surface area contributed by atoms with Crippen molar-refractivity contribution in [3.63, 3.8) is 0 Å². The van der Waals surface area contributed by atoms with Gasteiger partial charge in [-0.2, -0.15) is 0 Å². The van der Waals surface area contributed by atoms with Crippen LogP contribution in [0.2, 0.25) is 5.02 Å². The molecule has 0 bridgehead atoms. The molecule has 0 radical (unpaired) electrons. The van der Waals surface area contributed by atoms with Crippen molar-refractivity contribution in [3.8, 4) is 0 Å². The van der Waals surface area contributed by atoms with Gasteiger partial charge < -0.3 is 9.80 Å². The van der Waals surface area contributed by atoms with Crippen LogP contribution < -0.4 is 9.80 Å². The second kappa shape index (κ2) is 5.81. The molecular weight excluding hydrogens is 288 g/mol. The smallest absolute Gasteiger partial charge is 0.225 e. The second-order valence-corrected chi connectivity index (χ2v) is 5.52. The standard InChI is InChI=1S/C14H17ClN6/c1-10-11(2)18-9-19-13(10)20-3-5-21(6-4-20)14-16-7-12(15)8-17-14/h7-9H,3-6H2,1-2H3. The highest BCUT2D eigenvalue weighted by Gasteiger charge is 2.21. The number of anilines is 2. The molecule has 0 atom stereocenters. The highest BCUT2D eigenvalue weighted by atomic mass is 35.5. The lowest BCUT2D eigenvalue weighted by molar-refractivity contribution is 0.632. The molecule has 0 aromatic carbocycles. The summed E-state index contributed by atoms with van der Waals surface area (Å²) in [7, 11) is 0. The highest BCUT2D eigenvalue weighted by molar-refractivity contribution is 6.30. The van der Waals surface area contributed by atoms with Crippen LogP contribution in [-0.4, -0.2) is 46.1 Å². The molecule has 0 saturated carbocycles. The molecule has 3 rings (SSSR count). The van der Waals surface area contributed by atoms with Gasteiger partial charge in [0, 0.05) is 37.4 Å². The molecule has 0 N–H and O–H groups in total. The van der Waals surface area contributed by atoms with Crippen LogP contribution in [0.4, 0.5) is 11.8 Å². The van der Waals surface area contributed by atoms with Crippen LogP contribution in [0.3, 0.4) is 0 Å². The van der Waals surface area contributed by atoms with E-state index < -0.39 is 0 Å². The SMILES string of the molecule is Cc1ncnc(N2CCN(c3ncc(Cl)cn3)CC2)c1C. The molecule has 7 heteroatoms. The van der Waals surface area contributed by atoms with Crippen LogP contribution in [0.25, 0.3) is 0 Å². The third kappa shape index (κ3) is 2.90. The Morgan fingerprint density at radius 3 is 2.19 bits per heavy atom. The van der Waals surface area contributed by atoms with Crippen molar-refractivity contribution in [3.05, 3.63) is 35.0 Å². The van der Waals surface area contributed by atoms with E-state index in [1.807, 2.05) is 6.92 Å². The molecule has 0 aliphatic carbocycles. The summed E-state index contributed by atoms with van der Waals surface area (Å²) in [5.74, 6) is 1.76. The largest absolute Gasteiger partial charge is 0.353 e. The van der Waals surface area contributed by atoms with Gasteiger partial charge in [0.05, 0.1) is 17.4 Å². The Hall–Kier alpha value is -1.95. The monoisotopic (exact) mass is 304 g/mol. The zero-order valence-electron chi connectivity index (χ0n) is 12.1. The van der Waals surface area contributed by atoms with Gasteiger partial charge in [-0.15, -0.1) is 0 Å². The fourth-order valence-electron chi connectivity index (χ4n) is 2.43. The lowest BCUT2D eigenvalue weighted by Gasteiger charge is -2.36. The zero-order chi connectivity index (χ0) is 14.8. The van der Waals surface area contributed by atoms with Crippen molar-refractivity contribution >= 4 is 23.4 Å². The molecule has 1 saturated heterocycles. The Kier molecular flexibility index (Phi) is 3.88. The minimum Gasteiger partial charge on any atom is -0.353 e. The van der Waals surface area contributed by atoms with E-state index >= 15 is 0 Å². The van der Waals surface area contributed by atoms with E-state index in [9.17, 15) is 0 Å². The van der Waals surface area contributed by atoms with Gasteiger partial charge in [-0.3, -0.25) is 0 Å². The molecule has 2 aromatic heterocycles. The summed E-state index contributed by atoms with van der Waals surface area (Å²) >= 11 is 5.82. The van der Waals surface area contributed by atoms with Gasteiger partial charge in [-0.25, -0.2) is 19.9 Å². The number of hydrogen-bond donors (Lipinski definition) is 0. The van der Waals surface area contributed by atoms with Crippen LogP contribution in [-0.2, 0) is 0 Å². The Bertz CT molecular complexity index is 622. The van der Waals surface area contributed by atoms with Crippen molar-refractivity contribution in [2.45, 2.75) is 13.8 Å². The maximum atomic E-state index is 5.82. The van der Waals surface area contributed by atoms with E-state index in [-0.39, 0.29) is 0 Å². The predicted molar refractivity (Wildman–Crippen MR) is 83.0 cm³/mol. The minimum absolute atomic E-state index is 0.560. The molecule has 0 unspecified atom stereocenters. The van der Waals surface area contributed by atoms with E-state index in [0.717, 1.165) is 49.2 Å². The topological polar surface area (TPSA) is 58.0 Å². The molecule has 3 heterocycles. The average Bonchev–Trinajstić information content (AvgIpc) is 2.51. The maximum absolute atomic E-state index is 5.82. The van der Waals surface area contributed by atoms with Crippen LogP contribution in [0.1, 0.15) is 11.3 Å². The first kappa shape index (κ1) is 14.0. The predicted octanol–water partition coefficient (Wildman–Crippen LogP) is 1.86. The summed E-state index contributed by atoms with van der Waals surface area (Å²) in [6.45, 7) is 7.60. The number of piperazine rings is 1. The summed E-state index contributed by atoms with van der Waals surface area (Å²) < 4.78 is 0. The van der Waals surface area contributed by atoms with Crippen molar-refractivity contribution in [1.82, 2.24) is 19.9 Å². The molecule has 21 heavy (non-hydrogen) atoms. The fraction of sp³-hybridized carbons (Fsp3) is 0.429. The molecular formula is C14H17ClN6. The van der Waals surface area contributed by atoms with Gasteiger partial charge in [-0.1, -0.05) is 11.6 Å². The number of rotatable bonds is 2. The molecule has 2 aromatic rings. The number of hydrogen-bond acceptors (Lipinski definition) is 6. The summed E-state index contributed by atoms with van der Waals surface area (Å²) in [4.78, 5) is 21.6. The third-order valence-electron chi connectivity index (χ3n) is 3.78. The fourth-order valence-corrected chi connectivity index (χ4v) is 2.53. The quantitative estimate of drug-likeness (QED) is 0.844. The molecule has 110 valence electrons. The van der Waals surface area contributed by atoms with Gasteiger partial charge in [0.25, 0.3) is 0 Å². The number of aryl methyl sites for hydroxylation is 1. The lowest BCUT2D eigenvalue weighted by Crippen LogP contribution is -2.47. The Balaban J connectivity index is 1.70. The van der Waals surface area contributed by atoms with E-state index in [2.05, 4.69) is 36.7 Å². The maximum Gasteiger partial charge on any atom is 0.225 e. The molecule has 0 amide bonds. The molecule has 0 spiro atoms. The number of aromatic nitrogens is 4. The van der Waals surface area contributed by atoms with Gasteiger partial charge >= 0.3 is 0 Å². The van der Waals surface area contributed by atoms with Gasteiger partial charge in [0.15, 0.2) is 0 Å². The van der Waals surface area contributed by atoms with E-state index in [1.54, 1.807) is 18.7 Å². The van der Waals surface area contributed by atoms with Crippen LogP contribution >= 0.6 is 11.6 Å². The summed E-state index contributed by atoms with van der Waals surface area (Å²) in [6.07, 6.45) is 4.90. The Morgan fingerprint density at radius 2 is 1.52 bits per heavy atom. The third-order valence-corrected chi connectivity index (χ3v) is 3.97. The van der Waals surface area contributed by atoms with Crippen molar-refractivity contribution < 1.29 is 0 Å². The minimum atomic E-state index is 0.560. The lowest BCUT2D eigenvalue weighted by atomic mass is 10.2. The van der Waals surface area contributed by atoms with E-state index in [1.165, 1.54) is 0 Å². The van der Waals surface area contributed by atoms with Crippen molar-refractivity contribution in [2.75, 3.05) is 36.0 Å². The van der Waals surface area contributed by atoms with Crippen LogP contribution in [0.15, 0.2) is 18.7 Å². The second-order valence-electron chi connectivity index (χ2n) is 5.08. The van der Waals surface area contributed by atoms with Gasteiger partial charge in [0.2, 0.25) is 5.95 Å². The average molecular weight is 305 g/mol. The summed E-state index contributed by atoms with van der Waals surface area (Å²) in [5, 5.41) is 0.560. The van der Waals surface area contributed by atoms with Gasteiger partial charge in [-0.05, 0) is 13.8 Å².